The van der Waals surface area contributed by atoms with Gasteiger partial charge in [0.2, 0.25) is 0 Å². The molecule has 3 heteroatoms. The quantitative estimate of drug-likeness (QED) is 0.939. The lowest BCUT2D eigenvalue weighted by Crippen LogP contribution is -2.64. The van der Waals surface area contributed by atoms with E-state index in [-0.39, 0.29) is 5.54 Å². The van der Waals surface area contributed by atoms with Crippen LogP contribution in [0.15, 0.2) is 60.7 Å². The number of hydrogen-bond acceptors (Lipinski definition) is 3. The second kappa shape index (κ2) is 5.78. The normalized spacial score (nSPS) is 22.4. The predicted octanol–water partition coefficient (Wildman–Crippen LogP) is 2.73. The molecular weight excluding hydrogens is 258 g/mol. The van der Waals surface area contributed by atoms with Crippen molar-refractivity contribution in [2.45, 2.75) is 12.5 Å². The van der Waals surface area contributed by atoms with Crippen LogP contribution in [0.4, 0.5) is 11.4 Å². The average molecular weight is 281 g/mol. The summed E-state index contributed by atoms with van der Waals surface area (Å²) in [7, 11) is 0. The van der Waals surface area contributed by atoms with E-state index >= 15 is 0 Å². The molecule has 1 aliphatic heterocycles. The summed E-state index contributed by atoms with van der Waals surface area (Å²) < 4.78 is 0. The van der Waals surface area contributed by atoms with Crippen LogP contribution in [0.2, 0.25) is 0 Å². The lowest BCUT2D eigenvalue weighted by atomic mass is 9.94. The van der Waals surface area contributed by atoms with Crippen LogP contribution in [-0.2, 0) is 0 Å². The average Bonchev–Trinajstić information content (AvgIpc) is 2.56. The Morgan fingerprint density at radius 1 is 0.905 bits per heavy atom. The van der Waals surface area contributed by atoms with Crippen molar-refractivity contribution >= 4 is 11.4 Å². The van der Waals surface area contributed by atoms with Crippen LogP contribution < -0.4 is 15.5 Å². The third-order valence-electron chi connectivity index (χ3n) is 4.41. The molecule has 21 heavy (non-hydrogen) atoms. The molecule has 1 atom stereocenters. The van der Waals surface area contributed by atoms with Crippen LogP contribution in [-0.4, -0.2) is 31.7 Å². The summed E-state index contributed by atoms with van der Waals surface area (Å²) in [6.45, 7) is 5.86. The monoisotopic (exact) mass is 281 g/mol. The van der Waals surface area contributed by atoms with Crippen molar-refractivity contribution in [2.75, 3.05) is 36.0 Å². The molecule has 0 radical (unpaired) electrons. The van der Waals surface area contributed by atoms with Crippen molar-refractivity contribution in [3.8, 4) is 0 Å². The van der Waals surface area contributed by atoms with Gasteiger partial charge in [-0.15, -0.1) is 0 Å². The van der Waals surface area contributed by atoms with Crippen molar-refractivity contribution in [3.63, 3.8) is 0 Å². The Morgan fingerprint density at radius 2 is 1.48 bits per heavy atom. The number of hydrogen-bond donors (Lipinski definition) is 1. The van der Waals surface area contributed by atoms with Crippen LogP contribution in [0.1, 0.15) is 6.92 Å². The van der Waals surface area contributed by atoms with Crippen LogP contribution in [0.3, 0.4) is 0 Å². The van der Waals surface area contributed by atoms with Gasteiger partial charge in [0.15, 0.2) is 0 Å². The summed E-state index contributed by atoms with van der Waals surface area (Å²) >= 11 is 0. The number of anilines is 2. The molecule has 1 heterocycles. The molecule has 0 spiro atoms. The molecule has 1 saturated heterocycles. The topological polar surface area (TPSA) is 32.5 Å². The van der Waals surface area contributed by atoms with Crippen LogP contribution in [0, 0.1) is 0 Å². The van der Waals surface area contributed by atoms with Gasteiger partial charge in [0, 0.05) is 37.6 Å². The Labute approximate surface area is 127 Å². The molecule has 2 aromatic carbocycles. The van der Waals surface area contributed by atoms with Gasteiger partial charge in [-0.1, -0.05) is 36.4 Å². The minimum absolute atomic E-state index is 0.0462. The number of rotatable bonds is 3. The van der Waals surface area contributed by atoms with E-state index in [1.54, 1.807) is 0 Å². The summed E-state index contributed by atoms with van der Waals surface area (Å²) in [4.78, 5) is 4.89. The van der Waals surface area contributed by atoms with Gasteiger partial charge < -0.3 is 15.5 Å². The number of nitrogens with two attached hydrogens (primary N) is 1. The van der Waals surface area contributed by atoms with Gasteiger partial charge in [0.05, 0.1) is 5.54 Å². The Morgan fingerprint density at radius 3 is 2.05 bits per heavy atom. The van der Waals surface area contributed by atoms with E-state index in [1.165, 1.54) is 11.4 Å². The van der Waals surface area contributed by atoms with Gasteiger partial charge in [-0.2, -0.15) is 0 Å². The molecule has 0 aliphatic carbocycles. The molecule has 2 N–H and O–H groups in total. The highest BCUT2D eigenvalue weighted by Crippen LogP contribution is 2.29. The molecule has 0 bridgehead atoms. The molecule has 1 unspecified atom stereocenters. The van der Waals surface area contributed by atoms with E-state index < -0.39 is 0 Å². The summed E-state index contributed by atoms with van der Waals surface area (Å²) in [6, 6.07) is 21.2. The molecule has 3 nitrogen and oxygen atoms in total. The molecule has 1 fully saturated rings. The van der Waals surface area contributed by atoms with Gasteiger partial charge in [0.1, 0.15) is 0 Å². The van der Waals surface area contributed by atoms with E-state index in [9.17, 15) is 0 Å². The van der Waals surface area contributed by atoms with Gasteiger partial charge >= 0.3 is 0 Å². The first-order valence-corrected chi connectivity index (χ1v) is 7.56. The molecule has 0 saturated carbocycles. The van der Waals surface area contributed by atoms with E-state index in [4.69, 9.17) is 5.73 Å². The standard InChI is InChI=1S/C18H23N3/c1-18(14-19)15-20(16-8-4-2-5-9-16)12-13-21(18)17-10-6-3-7-11-17/h2-11H,12-15,19H2,1H3. The maximum absolute atomic E-state index is 6.14. The van der Waals surface area contributed by atoms with Crippen molar-refractivity contribution in [1.82, 2.24) is 0 Å². The molecule has 1 aliphatic rings. The SMILES string of the molecule is CC1(CN)CN(c2ccccc2)CCN1c1ccccc1. The highest BCUT2D eigenvalue weighted by atomic mass is 15.3. The second-order valence-corrected chi connectivity index (χ2v) is 5.95. The van der Waals surface area contributed by atoms with E-state index in [0.717, 1.165) is 19.6 Å². The molecule has 3 rings (SSSR count). The molecule has 0 aromatic heterocycles. The van der Waals surface area contributed by atoms with Gasteiger partial charge in [0.25, 0.3) is 0 Å². The van der Waals surface area contributed by atoms with Crippen LogP contribution >= 0.6 is 0 Å². The number of para-hydroxylation sites is 2. The summed E-state index contributed by atoms with van der Waals surface area (Å²) in [6.07, 6.45) is 0. The van der Waals surface area contributed by atoms with Crippen molar-refractivity contribution < 1.29 is 0 Å². The highest BCUT2D eigenvalue weighted by Gasteiger charge is 2.36. The fourth-order valence-electron chi connectivity index (χ4n) is 3.15. The lowest BCUT2D eigenvalue weighted by Gasteiger charge is -2.50. The maximum atomic E-state index is 6.14. The van der Waals surface area contributed by atoms with Crippen molar-refractivity contribution in [1.29, 1.82) is 0 Å². The maximum Gasteiger partial charge on any atom is 0.0671 e. The minimum Gasteiger partial charge on any atom is -0.367 e. The largest absolute Gasteiger partial charge is 0.367 e. The number of nitrogens with zero attached hydrogens (tertiary/aromatic N) is 2. The van der Waals surface area contributed by atoms with E-state index in [0.29, 0.717) is 6.54 Å². The fraction of sp³-hybridized carbons (Fsp3) is 0.333. The van der Waals surface area contributed by atoms with E-state index in [2.05, 4.69) is 77.4 Å². The van der Waals surface area contributed by atoms with Crippen molar-refractivity contribution in [3.05, 3.63) is 60.7 Å². The van der Waals surface area contributed by atoms with Gasteiger partial charge in [-0.3, -0.25) is 0 Å². The second-order valence-electron chi connectivity index (χ2n) is 5.95. The zero-order valence-corrected chi connectivity index (χ0v) is 12.6. The molecule has 110 valence electrons. The first kappa shape index (κ1) is 14.0. The van der Waals surface area contributed by atoms with E-state index in [1.807, 2.05) is 0 Å². The Kier molecular flexibility index (Phi) is 3.84. The van der Waals surface area contributed by atoms with Crippen molar-refractivity contribution in [2.24, 2.45) is 5.73 Å². The summed E-state index contributed by atoms with van der Waals surface area (Å²) in [5.74, 6) is 0. The lowest BCUT2D eigenvalue weighted by molar-refractivity contribution is 0.391. The third kappa shape index (κ3) is 2.74. The zero-order valence-electron chi connectivity index (χ0n) is 12.6. The highest BCUT2D eigenvalue weighted by molar-refractivity contribution is 5.54. The predicted molar refractivity (Wildman–Crippen MR) is 89.9 cm³/mol. The smallest absolute Gasteiger partial charge is 0.0671 e. The molecule has 0 amide bonds. The number of piperazine rings is 1. The first-order valence-electron chi connectivity index (χ1n) is 7.56. The zero-order chi connectivity index (χ0) is 14.7. The Balaban J connectivity index is 1.85. The Bertz CT molecular complexity index is 570. The molecule has 2 aromatic rings. The van der Waals surface area contributed by atoms with Crippen LogP contribution in [0.5, 0.6) is 0 Å². The first-order chi connectivity index (χ1) is 10.2. The summed E-state index contributed by atoms with van der Waals surface area (Å²) in [5.41, 5.74) is 8.64. The minimum atomic E-state index is -0.0462. The Hall–Kier alpha value is -2.00. The van der Waals surface area contributed by atoms with Gasteiger partial charge in [-0.25, -0.2) is 0 Å². The molecular formula is C18H23N3. The van der Waals surface area contributed by atoms with Crippen LogP contribution in [0.25, 0.3) is 0 Å². The third-order valence-corrected chi connectivity index (χ3v) is 4.41. The summed E-state index contributed by atoms with van der Waals surface area (Å²) in [5, 5.41) is 0. The number of benzene rings is 2. The van der Waals surface area contributed by atoms with Gasteiger partial charge in [-0.05, 0) is 31.2 Å². The fourth-order valence-corrected chi connectivity index (χ4v) is 3.15.